The van der Waals surface area contributed by atoms with Crippen molar-refractivity contribution in [2.24, 2.45) is 0 Å². The van der Waals surface area contributed by atoms with Crippen molar-refractivity contribution in [3.63, 3.8) is 0 Å². The lowest BCUT2D eigenvalue weighted by Crippen LogP contribution is -2.48. The predicted molar refractivity (Wildman–Crippen MR) is 94.3 cm³/mol. The van der Waals surface area contributed by atoms with Crippen molar-refractivity contribution in [1.29, 1.82) is 0 Å². The quantitative estimate of drug-likeness (QED) is 0.874. The van der Waals surface area contributed by atoms with Crippen LogP contribution in [0.25, 0.3) is 0 Å². The van der Waals surface area contributed by atoms with Gasteiger partial charge in [-0.2, -0.15) is 0 Å². The molecule has 0 radical (unpaired) electrons. The van der Waals surface area contributed by atoms with E-state index in [2.05, 4.69) is 46.6 Å². The summed E-state index contributed by atoms with van der Waals surface area (Å²) in [5, 5.41) is 3.25. The highest BCUT2D eigenvalue weighted by Gasteiger charge is 2.22. The third kappa shape index (κ3) is 4.93. The Morgan fingerprint density at radius 1 is 1.22 bits per heavy atom. The monoisotopic (exact) mass is 312 g/mol. The molecule has 0 spiro atoms. The SMILES string of the molecule is O=C(NC1CCCN(CCCc2ccccc2)C1)C1=CCCC1. The highest BCUT2D eigenvalue weighted by molar-refractivity contribution is 5.93. The Morgan fingerprint density at radius 2 is 2.09 bits per heavy atom. The highest BCUT2D eigenvalue weighted by Crippen LogP contribution is 2.18. The topological polar surface area (TPSA) is 32.3 Å². The summed E-state index contributed by atoms with van der Waals surface area (Å²) in [7, 11) is 0. The fourth-order valence-corrected chi connectivity index (χ4v) is 3.68. The fourth-order valence-electron chi connectivity index (χ4n) is 3.68. The van der Waals surface area contributed by atoms with E-state index in [4.69, 9.17) is 0 Å². The first kappa shape index (κ1) is 16.3. The number of aryl methyl sites for hydroxylation is 1. The average molecular weight is 312 g/mol. The number of hydrogen-bond donors (Lipinski definition) is 1. The van der Waals surface area contributed by atoms with Crippen LogP contribution in [0.2, 0.25) is 0 Å². The van der Waals surface area contributed by atoms with Crippen molar-refractivity contribution in [2.45, 2.75) is 51.0 Å². The molecular weight excluding hydrogens is 284 g/mol. The Labute approximate surface area is 139 Å². The van der Waals surface area contributed by atoms with Crippen LogP contribution in [-0.2, 0) is 11.2 Å². The number of carbonyl (C=O) groups is 1. The number of benzene rings is 1. The molecule has 0 aromatic heterocycles. The molecule has 124 valence electrons. The molecule has 1 atom stereocenters. The lowest BCUT2D eigenvalue weighted by Gasteiger charge is -2.33. The van der Waals surface area contributed by atoms with Gasteiger partial charge in [-0.05, 0) is 63.6 Å². The van der Waals surface area contributed by atoms with Crippen LogP contribution in [0.3, 0.4) is 0 Å². The Bertz CT molecular complexity index is 538. The van der Waals surface area contributed by atoms with Gasteiger partial charge in [0.15, 0.2) is 0 Å². The van der Waals surface area contributed by atoms with E-state index < -0.39 is 0 Å². The van der Waals surface area contributed by atoms with Gasteiger partial charge in [-0.3, -0.25) is 4.79 Å². The van der Waals surface area contributed by atoms with Gasteiger partial charge in [0.05, 0.1) is 0 Å². The van der Waals surface area contributed by atoms with Gasteiger partial charge in [0.1, 0.15) is 0 Å². The third-order valence-corrected chi connectivity index (χ3v) is 4.96. The van der Waals surface area contributed by atoms with Crippen LogP contribution in [0.15, 0.2) is 42.0 Å². The van der Waals surface area contributed by atoms with E-state index in [1.807, 2.05) is 0 Å². The number of nitrogens with one attached hydrogen (secondary N) is 1. The molecule has 1 heterocycles. The van der Waals surface area contributed by atoms with E-state index in [0.29, 0.717) is 6.04 Å². The van der Waals surface area contributed by atoms with Crippen molar-refractivity contribution in [2.75, 3.05) is 19.6 Å². The van der Waals surface area contributed by atoms with Crippen LogP contribution in [0.5, 0.6) is 0 Å². The summed E-state index contributed by atoms with van der Waals surface area (Å²) in [6.07, 6.45) is 9.91. The normalized spacial score (nSPS) is 21.9. The number of carbonyl (C=O) groups excluding carboxylic acids is 1. The van der Waals surface area contributed by atoms with Crippen LogP contribution in [0, 0.1) is 0 Å². The number of likely N-dealkylation sites (tertiary alicyclic amines) is 1. The lowest BCUT2D eigenvalue weighted by atomic mass is 10.0. The summed E-state index contributed by atoms with van der Waals surface area (Å²) >= 11 is 0. The molecule has 1 aliphatic heterocycles. The number of amides is 1. The van der Waals surface area contributed by atoms with Crippen molar-refractivity contribution in [3.05, 3.63) is 47.5 Å². The van der Waals surface area contributed by atoms with Gasteiger partial charge in [0.2, 0.25) is 5.91 Å². The summed E-state index contributed by atoms with van der Waals surface area (Å²) in [4.78, 5) is 14.7. The molecule has 3 nitrogen and oxygen atoms in total. The zero-order valence-corrected chi connectivity index (χ0v) is 14.0. The van der Waals surface area contributed by atoms with Gasteiger partial charge in [0, 0.05) is 18.2 Å². The van der Waals surface area contributed by atoms with E-state index in [1.54, 1.807) is 0 Å². The first-order valence-electron chi connectivity index (χ1n) is 9.07. The van der Waals surface area contributed by atoms with E-state index >= 15 is 0 Å². The van der Waals surface area contributed by atoms with Gasteiger partial charge in [0.25, 0.3) is 0 Å². The minimum atomic E-state index is 0.179. The van der Waals surface area contributed by atoms with E-state index in [0.717, 1.165) is 50.8 Å². The molecule has 1 N–H and O–H groups in total. The zero-order valence-electron chi connectivity index (χ0n) is 14.0. The maximum absolute atomic E-state index is 12.2. The molecule has 1 aliphatic carbocycles. The van der Waals surface area contributed by atoms with Crippen molar-refractivity contribution in [1.82, 2.24) is 10.2 Å². The second-order valence-corrected chi connectivity index (χ2v) is 6.82. The molecule has 1 amide bonds. The number of piperidine rings is 1. The minimum Gasteiger partial charge on any atom is -0.348 e. The summed E-state index contributed by atoms with van der Waals surface area (Å²) < 4.78 is 0. The second-order valence-electron chi connectivity index (χ2n) is 6.82. The van der Waals surface area contributed by atoms with Crippen LogP contribution < -0.4 is 5.32 Å². The minimum absolute atomic E-state index is 0.179. The number of allylic oxidation sites excluding steroid dienone is 1. The lowest BCUT2D eigenvalue weighted by molar-refractivity contribution is -0.118. The Hall–Kier alpha value is -1.61. The van der Waals surface area contributed by atoms with Gasteiger partial charge < -0.3 is 10.2 Å². The maximum Gasteiger partial charge on any atom is 0.247 e. The largest absolute Gasteiger partial charge is 0.348 e. The Balaban J connectivity index is 1.40. The number of hydrogen-bond acceptors (Lipinski definition) is 2. The maximum atomic E-state index is 12.2. The van der Waals surface area contributed by atoms with Gasteiger partial charge in [-0.25, -0.2) is 0 Å². The van der Waals surface area contributed by atoms with Crippen molar-refractivity contribution in [3.8, 4) is 0 Å². The van der Waals surface area contributed by atoms with E-state index in [-0.39, 0.29) is 5.91 Å². The van der Waals surface area contributed by atoms with E-state index in [9.17, 15) is 4.79 Å². The summed E-state index contributed by atoms with van der Waals surface area (Å²) in [5.41, 5.74) is 2.42. The van der Waals surface area contributed by atoms with Crippen LogP contribution in [0.1, 0.15) is 44.1 Å². The molecule has 1 unspecified atom stereocenters. The molecular formula is C20H28N2O. The number of rotatable bonds is 6. The smallest absolute Gasteiger partial charge is 0.247 e. The molecule has 3 rings (SSSR count). The molecule has 3 heteroatoms. The molecule has 23 heavy (non-hydrogen) atoms. The molecule has 0 bridgehead atoms. The van der Waals surface area contributed by atoms with Gasteiger partial charge in [-0.1, -0.05) is 36.4 Å². The first-order valence-corrected chi connectivity index (χ1v) is 9.07. The van der Waals surface area contributed by atoms with Crippen LogP contribution in [-0.4, -0.2) is 36.5 Å². The predicted octanol–water partition coefficient (Wildman–Crippen LogP) is 3.31. The third-order valence-electron chi connectivity index (χ3n) is 4.96. The van der Waals surface area contributed by atoms with Gasteiger partial charge >= 0.3 is 0 Å². The summed E-state index contributed by atoms with van der Waals surface area (Å²) in [6, 6.07) is 11.0. The molecule has 0 saturated carbocycles. The second kappa shape index (κ2) is 8.30. The Morgan fingerprint density at radius 3 is 2.87 bits per heavy atom. The molecule has 1 fully saturated rings. The Kier molecular flexibility index (Phi) is 5.87. The first-order chi connectivity index (χ1) is 11.3. The molecule has 1 aromatic carbocycles. The molecule has 1 saturated heterocycles. The van der Waals surface area contributed by atoms with Crippen LogP contribution >= 0.6 is 0 Å². The van der Waals surface area contributed by atoms with Crippen molar-refractivity contribution >= 4 is 5.91 Å². The highest BCUT2D eigenvalue weighted by atomic mass is 16.1. The van der Waals surface area contributed by atoms with Crippen molar-refractivity contribution < 1.29 is 4.79 Å². The number of nitrogens with zero attached hydrogens (tertiary/aromatic N) is 1. The summed E-state index contributed by atoms with van der Waals surface area (Å²) in [5.74, 6) is 0.179. The van der Waals surface area contributed by atoms with Gasteiger partial charge in [-0.15, -0.1) is 0 Å². The summed E-state index contributed by atoms with van der Waals surface area (Å²) in [6.45, 7) is 3.31. The van der Waals surface area contributed by atoms with Crippen LogP contribution in [0.4, 0.5) is 0 Å². The fraction of sp³-hybridized carbons (Fsp3) is 0.550. The van der Waals surface area contributed by atoms with E-state index in [1.165, 1.54) is 24.9 Å². The standard InChI is InChI=1S/C20H28N2O/c23-20(18-11-4-5-12-18)21-19-13-7-15-22(16-19)14-6-10-17-8-2-1-3-9-17/h1-3,8-9,11,19H,4-7,10,12-16H2,(H,21,23). The zero-order chi connectivity index (χ0) is 15.9. The molecule has 2 aliphatic rings. The average Bonchev–Trinajstić information content (AvgIpc) is 3.11. The molecule has 1 aromatic rings.